The summed E-state index contributed by atoms with van der Waals surface area (Å²) >= 11 is 1.57. The van der Waals surface area contributed by atoms with Gasteiger partial charge in [0.1, 0.15) is 17.4 Å². The third kappa shape index (κ3) is 5.45. The quantitative estimate of drug-likeness (QED) is 0.466. The molecule has 0 bridgehead atoms. The molecule has 0 aliphatic rings. The number of benzene rings is 2. The third-order valence-corrected chi connectivity index (χ3v) is 5.60. The fourth-order valence-electron chi connectivity index (χ4n) is 3.13. The zero-order chi connectivity index (χ0) is 20.8. The summed E-state index contributed by atoms with van der Waals surface area (Å²) < 4.78 is 6.03. The minimum atomic E-state index is 0.0252. The maximum absolute atomic E-state index is 12.9. The van der Waals surface area contributed by atoms with E-state index in [1.165, 1.54) is 5.56 Å². The van der Waals surface area contributed by atoms with Crippen LogP contribution in [0.1, 0.15) is 60.2 Å². The number of rotatable bonds is 8. The highest BCUT2D eigenvalue weighted by Gasteiger charge is 2.20. The van der Waals surface area contributed by atoms with Crippen LogP contribution in [0.2, 0.25) is 0 Å². The molecule has 0 fully saturated rings. The number of hydrogen-bond donors (Lipinski definition) is 0. The summed E-state index contributed by atoms with van der Waals surface area (Å²) in [6.45, 7) is 9.30. The molecule has 0 N–H and O–H groups in total. The van der Waals surface area contributed by atoms with Crippen LogP contribution in [0.3, 0.4) is 0 Å². The lowest BCUT2D eigenvalue weighted by molar-refractivity contribution is 0.0688. The van der Waals surface area contributed by atoms with Crippen LogP contribution < -0.4 is 4.74 Å². The first kappa shape index (κ1) is 21.1. The number of thiazole rings is 1. The van der Waals surface area contributed by atoms with Crippen molar-refractivity contribution in [1.82, 2.24) is 9.88 Å². The molecule has 1 aromatic heterocycles. The van der Waals surface area contributed by atoms with Gasteiger partial charge in [-0.1, -0.05) is 50.2 Å². The molecule has 0 saturated heterocycles. The Morgan fingerprint density at radius 1 is 1.03 bits per heavy atom. The van der Waals surface area contributed by atoms with Crippen molar-refractivity contribution >= 4 is 17.2 Å². The molecule has 0 atom stereocenters. The van der Waals surface area contributed by atoms with Crippen molar-refractivity contribution in [2.45, 2.75) is 52.8 Å². The van der Waals surface area contributed by atoms with E-state index in [1.807, 2.05) is 72.7 Å². The Labute approximate surface area is 177 Å². The van der Waals surface area contributed by atoms with Crippen LogP contribution in [-0.4, -0.2) is 21.8 Å². The Morgan fingerprint density at radius 3 is 2.41 bits per heavy atom. The van der Waals surface area contributed by atoms with Gasteiger partial charge in [-0.3, -0.25) is 4.79 Å². The molecule has 0 spiro atoms. The summed E-state index contributed by atoms with van der Waals surface area (Å²) in [5.74, 6) is 1.33. The third-order valence-electron chi connectivity index (χ3n) is 4.73. The lowest BCUT2D eigenvalue weighted by atomic mass is 10.0. The summed E-state index contributed by atoms with van der Waals surface area (Å²) in [5.41, 5.74) is 2.79. The molecule has 0 unspecified atom stereocenters. The predicted octanol–water partition coefficient (Wildman–Crippen LogP) is 5.90. The number of carbonyl (C=O) groups is 1. The minimum Gasteiger partial charge on any atom is -0.486 e. The maximum Gasteiger partial charge on any atom is 0.254 e. The largest absolute Gasteiger partial charge is 0.486 e. The number of aromatic nitrogens is 1. The molecule has 4 nitrogen and oxygen atoms in total. The summed E-state index contributed by atoms with van der Waals surface area (Å²) in [6, 6.07) is 17.6. The van der Waals surface area contributed by atoms with Crippen molar-refractivity contribution in [3.63, 3.8) is 0 Å². The van der Waals surface area contributed by atoms with Gasteiger partial charge in [0, 0.05) is 17.0 Å². The molecule has 0 aliphatic carbocycles. The van der Waals surface area contributed by atoms with Crippen molar-refractivity contribution < 1.29 is 9.53 Å². The topological polar surface area (TPSA) is 42.4 Å². The first-order valence-electron chi connectivity index (χ1n) is 9.96. The Morgan fingerprint density at radius 2 is 1.72 bits per heavy atom. The van der Waals surface area contributed by atoms with E-state index in [4.69, 9.17) is 9.72 Å². The van der Waals surface area contributed by atoms with E-state index in [0.29, 0.717) is 24.6 Å². The van der Waals surface area contributed by atoms with Crippen LogP contribution in [-0.2, 0) is 13.2 Å². The Bertz CT molecular complexity index is 935. The van der Waals surface area contributed by atoms with E-state index in [9.17, 15) is 4.79 Å². The molecule has 1 heterocycles. The van der Waals surface area contributed by atoms with Gasteiger partial charge in [-0.05, 0) is 43.5 Å². The molecule has 3 rings (SSSR count). The van der Waals surface area contributed by atoms with Gasteiger partial charge in [0.15, 0.2) is 0 Å². The zero-order valence-electron chi connectivity index (χ0n) is 17.5. The molecule has 0 aliphatic heterocycles. The zero-order valence-corrected chi connectivity index (χ0v) is 18.3. The van der Waals surface area contributed by atoms with E-state index in [1.54, 1.807) is 11.3 Å². The van der Waals surface area contributed by atoms with Gasteiger partial charge >= 0.3 is 0 Å². The molecular weight excluding hydrogens is 380 g/mol. The lowest BCUT2D eigenvalue weighted by Crippen LogP contribution is -2.36. The summed E-state index contributed by atoms with van der Waals surface area (Å²) in [7, 11) is 0. The maximum atomic E-state index is 12.9. The van der Waals surface area contributed by atoms with Gasteiger partial charge in [-0.15, -0.1) is 11.3 Å². The van der Waals surface area contributed by atoms with E-state index in [0.717, 1.165) is 16.5 Å². The molecule has 0 saturated carbocycles. The van der Waals surface area contributed by atoms with Crippen LogP contribution in [0.5, 0.6) is 5.75 Å². The summed E-state index contributed by atoms with van der Waals surface area (Å²) in [5, 5.41) is 2.93. The van der Waals surface area contributed by atoms with Crippen molar-refractivity contribution in [3.8, 4) is 5.75 Å². The molecule has 0 radical (unpaired) electrons. The standard InChI is InChI=1S/C24H28N2O2S/c1-17(2)21-12-8-9-13-22(21)28-15-23-25-20(16-29-23)14-26(18(3)4)24(27)19-10-6-5-7-11-19/h5-13,16-18H,14-15H2,1-4H3. The van der Waals surface area contributed by atoms with Crippen molar-refractivity contribution in [2.24, 2.45) is 0 Å². The Kier molecular flexibility index (Phi) is 7.04. The average molecular weight is 409 g/mol. The molecule has 152 valence electrons. The number of ether oxygens (including phenoxy) is 1. The second kappa shape index (κ2) is 9.70. The summed E-state index contributed by atoms with van der Waals surface area (Å²) in [4.78, 5) is 19.4. The van der Waals surface area contributed by atoms with Gasteiger partial charge in [0.05, 0.1) is 12.2 Å². The van der Waals surface area contributed by atoms with E-state index in [2.05, 4.69) is 19.9 Å². The van der Waals surface area contributed by atoms with Crippen LogP contribution in [0, 0.1) is 0 Å². The van der Waals surface area contributed by atoms with E-state index in [-0.39, 0.29) is 11.9 Å². The minimum absolute atomic E-state index is 0.0252. The molecular formula is C24H28N2O2S. The molecule has 3 aromatic rings. The number of hydrogen-bond acceptors (Lipinski definition) is 4. The molecule has 1 amide bonds. The SMILES string of the molecule is CC(C)c1ccccc1OCc1nc(CN(C(=O)c2ccccc2)C(C)C)cs1. The fourth-order valence-corrected chi connectivity index (χ4v) is 3.82. The van der Waals surface area contributed by atoms with Crippen LogP contribution in [0.4, 0.5) is 0 Å². The van der Waals surface area contributed by atoms with E-state index >= 15 is 0 Å². The van der Waals surface area contributed by atoms with E-state index < -0.39 is 0 Å². The van der Waals surface area contributed by atoms with Crippen LogP contribution in [0.15, 0.2) is 60.0 Å². The number of carbonyl (C=O) groups excluding carboxylic acids is 1. The average Bonchev–Trinajstić information content (AvgIpc) is 3.18. The molecule has 5 heteroatoms. The summed E-state index contributed by atoms with van der Waals surface area (Å²) in [6.07, 6.45) is 0. The van der Waals surface area contributed by atoms with Crippen LogP contribution >= 0.6 is 11.3 Å². The Hall–Kier alpha value is -2.66. The van der Waals surface area contributed by atoms with Crippen LogP contribution in [0.25, 0.3) is 0 Å². The second-order valence-electron chi connectivity index (χ2n) is 7.61. The number of nitrogens with zero attached hydrogens (tertiary/aromatic N) is 2. The number of amides is 1. The first-order chi connectivity index (χ1) is 14.0. The highest BCUT2D eigenvalue weighted by atomic mass is 32.1. The fraction of sp³-hybridized carbons (Fsp3) is 0.333. The highest BCUT2D eigenvalue weighted by Crippen LogP contribution is 2.27. The lowest BCUT2D eigenvalue weighted by Gasteiger charge is -2.26. The van der Waals surface area contributed by atoms with Gasteiger partial charge in [-0.2, -0.15) is 0 Å². The normalized spacial score (nSPS) is 11.1. The Balaban J connectivity index is 1.67. The predicted molar refractivity (Wildman–Crippen MR) is 118 cm³/mol. The van der Waals surface area contributed by atoms with Crippen molar-refractivity contribution in [3.05, 3.63) is 81.8 Å². The van der Waals surface area contributed by atoms with Gasteiger partial charge in [0.2, 0.25) is 0 Å². The first-order valence-corrected chi connectivity index (χ1v) is 10.8. The number of para-hydroxylation sites is 1. The molecule has 29 heavy (non-hydrogen) atoms. The monoisotopic (exact) mass is 408 g/mol. The second-order valence-corrected chi connectivity index (χ2v) is 8.55. The van der Waals surface area contributed by atoms with Crippen molar-refractivity contribution in [2.75, 3.05) is 0 Å². The van der Waals surface area contributed by atoms with Gasteiger partial charge < -0.3 is 9.64 Å². The smallest absolute Gasteiger partial charge is 0.254 e. The van der Waals surface area contributed by atoms with Gasteiger partial charge in [-0.25, -0.2) is 4.98 Å². The van der Waals surface area contributed by atoms with Gasteiger partial charge in [0.25, 0.3) is 5.91 Å². The highest BCUT2D eigenvalue weighted by molar-refractivity contribution is 7.09. The van der Waals surface area contributed by atoms with Crippen molar-refractivity contribution in [1.29, 1.82) is 0 Å². The molecule has 2 aromatic carbocycles.